The Morgan fingerprint density at radius 3 is 2.04 bits per heavy atom. The van der Waals surface area contributed by atoms with Gasteiger partial charge in [0.15, 0.2) is 9.84 Å². The van der Waals surface area contributed by atoms with E-state index in [1.807, 2.05) is 20.8 Å². The highest BCUT2D eigenvalue weighted by Gasteiger charge is 2.24. The van der Waals surface area contributed by atoms with Crippen LogP contribution in [0.4, 0.5) is 0 Å². The van der Waals surface area contributed by atoms with Crippen LogP contribution in [0.15, 0.2) is 29.2 Å². The van der Waals surface area contributed by atoms with Crippen LogP contribution in [0.1, 0.15) is 57.8 Å². The zero-order valence-electron chi connectivity index (χ0n) is 15.4. The van der Waals surface area contributed by atoms with E-state index in [0.29, 0.717) is 12.8 Å². The van der Waals surface area contributed by atoms with Crippen LogP contribution < -0.4 is 5.32 Å². The molecule has 140 valence electrons. The quantitative estimate of drug-likeness (QED) is 0.770. The van der Waals surface area contributed by atoms with Gasteiger partial charge in [-0.05, 0) is 56.4 Å². The summed E-state index contributed by atoms with van der Waals surface area (Å²) in [6.45, 7) is 9.18. The number of hydrogen-bond acceptors (Lipinski definition) is 4. The first-order chi connectivity index (χ1) is 11.3. The molecule has 6 nitrogen and oxygen atoms in total. The van der Waals surface area contributed by atoms with Crippen molar-refractivity contribution < 1.29 is 23.1 Å². The minimum absolute atomic E-state index is 0.0364. The van der Waals surface area contributed by atoms with E-state index < -0.39 is 33.0 Å². The molecular weight excluding hydrogens is 342 g/mol. The molecule has 0 aliphatic rings. The number of carbonyl (C=O) groups is 2. The molecule has 0 fully saturated rings. The molecule has 25 heavy (non-hydrogen) atoms. The molecule has 7 heteroatoms. The number of hydrogen-bond donors (Lipinski definition) is 2. The van der Waals surface area contributed by atoms with Crippen molar-refractivity contribution in [2.75, 3.05) is 0 Å². The van der Waals surface area contributed by atoms with Gasteiger partial charge in [-0.1, -0.05) is 20.8 Å². The normalized spacial score (nSPS) is 13.5. The third-order valence-electron chi connectivity index (χ3n) is 3.85. The fourth-order valence-electron chi connectivity index (χ4n) is 2.14. The van der Waals surface area contributed by atoms with Gasteiger partial charge in [0.2, 0.25) is 0 Å². The number of benzene rings is 1. The molecule has 0 saturated carbocycles. The van der Waals surface area contributed by atoms with E-state index in [4.69, 9.17) is 0 Å². The van der Waals surface area contributed by atoms with Crippen LogP contribution in [0.2, 0.25) is 0 Å². The second-order valence-corrected chi connectivity index (χ2v) is 10.1. The first-order valence-corrected chi connectivity index (χ1v) is 9.77. The average molecular weight is 369 g/mol. The third-order valence-corrected chi connectivity index (χ3v) is 6.02. The zero-order chi connectivity index (χ0) is 19.4. The number of carbonyl (C=O) groups excluding carboxylic acids is 1. The molecule has 0 spiro atoms. The lowest BCUT2D eigenvalue weighted by Gasteiger charge is -2.21. The summed E-state index contributed by atoms with van der Waals surface area (Å²) < 4.78 is 24.2. The predicted octanol–water partition coefficient (Wildman–Crippen LogP) is 2.88. The molecule has 0 aliphatic carbocycles. The van der Waals surface area contributed by atoms with Crippen molar-refractivity contribution in [3.8, 4) is 0 Å². The van der Waals surface area contributed by atoms with Crippen LogP contribution >= 0.6 is 0 Å². The van der Waals surface area contributed by atoms with Gasteiger partial charge in [-0.15, -0.1) is 0 Å². The van der Waals surface area contributed by atoms with E-state index in [-0.39, 0.29) is 15.9 Å². The highest BCUT2D eigenvalue weighted by Crippen LogP contribution is 2.22. The number of nitrogens with one attached hydrogen (secondary N) is 1. The topological polar surface area (TPSA) is 101 Å². The van der Waals surface area contributed by atoms with Gasteiger partial charge < -0.3 is 10.4 Å². The van der Waals surface area contributed by atoms with E-state index in [2.05, 4.69) is 5.32 Å². The average Bonchev–Trinajstić information content (AvgIpc) is 2.49. The molecule has 0 aliphatic heterocycles. The smallest absolute Gasteiger partial charge is 0.326 e. The maximum atomic E-state index is 12.3. The zero-order valence-corrected chi connectivity index (χ0v) is 16.2. The van der Waals surface area contributed by atoms with Crippen molar-refractivity contribution >= 4 is 21.7 Å². The second-order valence-electron chi connectivity index (χ2n) is 7.58. The Balaban J connectivity index is 2.87. The molecule has 1 amide bonds. The molecule has 1 aromatic rings. The lowest BCUT2D eigenvalue weighted by molar-refractivity contribution is -0.139. The standard InChI is InChI=1S/C18H27NO5S/c1-12(2)25(23,24)14-8-6-13(7-9-14)16(20)19-15(17(21)22)10-11-18(3,4)5/h6-9,12,15H,10-11H2,1-5H3,(H,19,20)(H,21,22). The van der Waals surface area contributed by atoms with E-state index in [1.54, 1.807) is 13.8 Å². The van der Waals surface area contributed by atoms with Crippen LogP contribution in [0.3, 0.4) is 0 Å². The van der Waals surface area contributed by atoms with E-state index in [9.17, 15) is 23.1 Å². The van der Waals surface area contributed by atoms with Crippen molar-refractivity contribution in [2.24, 2.45) is 5.41 Å². The van der Waals surface area contributed by atoms with Gasteiger partial charge in [-0.3, -0.25) is 4.79 Å². The monoisotopic (exact) mass is 369 g/mol. The number of amides is 1. The van der Waals surface area contributed by atoms with Gasteiger partial charge >= 0.3 is 5.97 Å². The highest BCUT2D eigenvalue weighted by molar-refractivity contribution is 7.92. The third kappa shape index (κ3) is 6.16. The van der Waals surface area contributed by atoms with Crippen molar-refractivity contribution in [1.82, 2.24) is 5.32 Å². The van der Waals surface area contributed by atoms with Crippen LogP contribution in [-0.4, -0.2) is 36.7 Å². The molecule has 1 aromatic carbocycles. The Morgan fingerprint density at radius 2 is 1.64 bits per heavy atom. The van der Waals surface area contributed by atoms with Crippen molar-refractivity contribution in [2.45, 2.75) is 63.6 Å². The lowest BCUT2D eigenvalue weighted by Crippen LogP contribution is -2.41. The maximum absolute atomic E-state index is 12.3. The second kappa shape index (κ2) is 7.99. The summed E-state index contributed by atoms with van der Waals surface area (Å²) in [5.74, 6) is -1.62. The van der Waals surface area contributed by atoms with Gasteiger partial charge in [0.25, 0.3) is 5.91 Å². The number of carboxylic acid groups (broad SMARTS) is 1. The fraction of sp³-hybridized carbons (Fsp3) is 0.556. The number of aliphatic carboxylic acids is 1. The number of carboxylic acids is 1. The van der Waals surface area contributed by atoms with Crippen LogP contribution in [0.25, 0.3) is 0 Å². The summed E-state index contributed by atoms with van der Waals surface area (Å²) in [6, 6.07) is 4.55. The minimum atomic E-state index is -3.41. The summed E-state index contributed by atoms with van der Waals surface area (Å²) in [5.41, 5.74) is 0.190. The Labute approximate surface area is 149 Å². The minimum Gasteiger partial charge on any atom is -0.480 e. The van der Waals surface area contributed by atoms with E-state index in [0.717, 1.165) is 0 Å². The van der Waals surface area contributed by atoms with Crippen molar-refractivity contribution in [3.63, 3.8) is 0 Å². The molecule has 0 radical (unpaired) electrons. The highest BCUT2D eigenvalue weighted by atomic mass is 32.2. The molecule has 0 aromatic heterocycles. The van der Waals surface area contributed by atoms with Crippen LogP contribution in [0, 0.1) is 5.41 Å². The summed E-state index contributed by atoms with van der Waals surface area (Å²) >= 11 is 0. The predicted molar refractivity (Wildman–Crippen MR) is 96.3 cm³/mol. The lowest BCUT2D eigenvalue weighted by atomic mass is 9.88. The van der Waals surface area contributed by atoms with Crippen molar-refractivity contribution in [3.05, 3.63) is 29.8 Å². The van der Waals surface area contributed by atoms with Crippen molar-refractivity contribution in [1.29, 1.82) is 0 Å². The number of rotatable bonds is 7. The Morgan fingerprint density at radius 1 is 1.12 bits per heavy atom. The molecule has 0 heterocycles. The van der Waals surface area contributed by atoms with Gasteiger partial charge in [-0.25, -0.2) is 13.2 Å². The first-order valence-electron chi connectivity index (χ1n) is 8.22. The molecule has 0 saturated heterocycles. The Hall–Kier alpha value is -1.89. The fourth-order valence-corrected chi connectivity index (χ4v) is 3.20. The first kappa shape index (κ1) is 21.2. The van der Waals surface area contributed by atoms with E-state index >= 15 is 0 Å². The van der Waals surface area contributed by atoms with Gasteiger partial charge in [-0.2, -0.15) is 0 Å². The maximum Gasteiger partial charge on any atom is 0.326 e. The summed E-state index contributed by atoms with van der Waals surface area (Å²) in [6.07, 6.45) is 0.972. The van der Waals surface area contributed by atoms with Gasteiger partial charge in [0.1, 0.15) is 6.04 Å². The number of sulfone groups is 1. The van der Waals surface area contributed by atoms with Crippen LogP contribution in [0.5, 0.6) is 0 Å². The van der Waals surface area contributed by atoms with E-state index in [1.165, 1.54) is 24.3 Å². The summed E-state index contributed by atoms with van der Waals surface area (Å²) in [7, 11) is -3.41. The summed E-state index contributed by atoms with van der Waals surface area (Å²) in [5, 5.41) is 11.2. The molecule has 1 rings (SSSR count). The Bertz CT molecular complexity index is 715. The van der Waals surface area contributed by atoms with Gasteiger partial charge in [0.05, 0.1) is 10.1 Å². The van der Waals surface area contributed by atoms with Gasteiger partial charge in [0, 0.05) is 5.56 Å². The Kier molecular flexibility index (Phi) is 6.76. The molecule has 1 unspecified atom stereocenters. The molecule has 1 atom stereocenters. The molecule has 2 N–H and O–H groups in total. The summed E-state index contributed by atoms with van der Waals surface area (Å²) in [4.78, 5) is 23.7. The SMILES string of the molecule is CC(C)S(=O)(=O)c1ccc(C(=O)NC(CCC(C)(C)C)C(=O)O)cc1. The van der Waals surface area contributed by atoms with Crippen LogP contribution in [-0.2, 0) is 14.6 Å². The molecular formula is C18H27NO5S. The largest absolute Gasteiger partial charge is 0.480 e. The molecule has 0 bridgehead atoms.